The molecule has 0 aliphatic carbocycles. The number of benzene rings is 1. The third-order valence-electron chi connectivity index (χ3n) is 4.38. The van der Waals surface area contributed by atoms with Crippen molar-refractivity contribution in [3.63, 3.8) is 0 Å². The van der Waals surface area contributed by atoms with Crippen LogP contribution in [-0.2, 0) is 14.3 Å². The summed E-state index contributed by atoms with van der Waals surface area (Å²) in [5.74, 6) is -0.215. The van der Waals surface area contributed by atoms with Crippen molar-refractivity contribution >= 4 is 17.5 Å². The summed E-state index contributed by atoms with van der Waals surface area (Å²) in [7, 11) is 0. The Morgan fingerprint density at radius 1 is 1.32 bits per heavy atom. The number of nitrogens with one attached hydrogen (secondary N) is 1. The number of carbonyl (C=O) groups is 2. The highest BCUT2D eigenvalue weighted by atomic mass is 16.5. The number of piperidine rings is 1. The maximum atomic E-state index is 12.4. The summed E-state index contributed by atoms with van der Waals surface area (Å²) in [6, 6.07) is 7.80. The number of morpholine rings is 1. The van der Waals surface area contributed by atoms with Crippen LogP contribution in [0.25, 0.3) is 0 Å². The van der Waals surface area contributed by atoms with E-state index in [1.807, 2.05) is 36.1 Å². The second-order valence-corrected chi connectivity index (χ2v) is 6.12. The largest absolute Gasteiger partial charge is 0.366 e. The number of nitrogens with zero attached hydrogens (tertiary/aromatic N) is 1. The molecular formula is C17H22N2O3. The molecule has 1 N–H and O–H groups in total. The van der Waals surface area contributed by atoms with Crippen molar-refractivity contribution < 1.29 is 14.3 Å². The molecule has 22 heavy (non-hydrogen) atoms. The number of amides is 2. The maximum absolute atomic E-state index is 12.4. The third kappa shape index (κ3) is 3.30. The number of rotatable bonds is 3. The Kier molecular flexibility index (Phi) is 4.43. The zero-order valence-electron chi connectivity index (χ0n) is 12.9. The highest BCUT2D eigenvalue weighted by Crippen LogP contribution is 2.24. The molecule has 5 nitrogen and oxygen atoms in total. The van der Waals surface area contributed by atoms with Crippen LogP contribution >= 0.6 is 0 Å². The van der Waals surface area contributed by atoms with E-state index in [1.54, 1.807) is 0 Å². The number of ether oxygens (including phenoxy) is 1. The molecule has 2 saturated heterocycles. The molecule has 2 aliphatic heterocycles. The van der Waals surface area contributed by atoms with Crippen LogP contribution < -0.4 is 5.32 Å². The van der Waals surface area contributed by atoms with Crippen LogP contribution in [0.15, 0.2) is 24.3 Å². The van der Waals surface area contributed by atoms with E-state index in [0.29, 0.717) is 6.61 Å². The van der Waals surface area contributed by atoms with Gasteiger partial charge in [0.2, 0.25) is 5.91 Å². The summed E-state index contributed by atoms with van der Waals surface area (Å²) in [5, 5.41) is 2.82. The van der Waals surface area contributed by atoms with Crippen LogP contribution in [0.5, 0.6) is 0 Å². The number of hydrogen-bond donors (Lipinski definition) is 1. The van der Waals surface area contributed by atoms with Crippen LogP contribution in [0.4, 0.5) is 5.69 Å². The van der Waals surface area contributed by atoms with Gasteiger partial charge in [-0.2, -0.15) is 0 Å². The first-order valence-electron chi connectivity index (χ1n) is 7.92. The van der Waals surface area contributed by atoms with Gasteiger partial charge >= 0.3 is 0 Å². The lowest BCUT2D eigenvalue weighted by atomic mass is 9.99. The van der Waals surface area contributed by atoms with Crippen LogP contribution in [0.3, 0.4) is 0 Å². The number of fused-ring (bicyclic) bond motifs is 1. The van der Waals surface area contributed by atoms with Crippen molar-refractivity contribution in [3.8, 4) is 0 Å². The zero-order chi connectivity index (χ0) is 15.5. The Bertz CT molecular complexity index is 556. The summed E-state index contributed by atoms with van der Waals surface area (Å²) >= 11 is 0. The number of aryl methyl sites for hydroxylation is 1. The van der Waals surface area contributed by atoms with Crippen molar-refractivity contribution in [2.24, 2.45) is 0 Å². The standard InChI is InChI=1S/C17H22N2O3/c1-12-5-7-13(8-6-12)18-16(20)10-15-17(21)19-9-3-2-4-14(19)11-22-15/h5-8,14-15H,2-4,9-11H2,1H3,(H,18,20)/t14-,15-/m1/s1. The lowest BCUT2D eigenvalue weighted by Gasteiger charge is -2.41. The molecule has 0 unspecified atom stereocenters. The lowest BCUT2D eigenvalue weighted by molar-refractivity contribution is -0.163. The van der Waals surface area contributed by atoms with Gasteiger partial charge in [-0.15, -0.1) is 0 Å². The van der Waals surface area contributed by atoms with Gasteiger partial charge in [0.15, 0.2) is 0 Å². The first-order valence-corrected chi connectivity index (χ1v) is 7.92. The minimum Gasteiger partial charge on any atom is -0.366 e. The smallest absolute Gasteiger partial charge is 0.252 e. The summed E-state index contributed by atoms with van der Waals surface area (Å²) < 4.78 is 5.64. The molecule has 0 spiro atoms. The van der Waals surface area contributed by atoms with Gasteiger partial charge in [-0.1, -0.05) is 17.7 Å². The van der Waals surface area contributed by atoms with Crippen molar-refractivity contribution in [1.29, 1.82) is 0 Å². The Labute approximate surface area is 130 Å². The van der Waals surface area contributed by atoms with Gasteiger partial charge in [-0.25, -0.2) is 0 Å². The Hall–Kier alpha value is -1.88. The molecule has 0 aromatic heterocycles. The average Bonchev–Trinajstić information content (AvgIpc) is 2.53. The molecule has 0 bridgehead atoms. The molecule has 2 aliphatic rings. The number of carbonyl (C=O) groups excluding carboxylic acids is 2. The van der Waals surface area contributed by atoms with Gasteiger partial charge in [0.05, 0.1) is 19.1 Å². The van der Waals surface area contributed by atoms with Gasteiger partial charge in [0, 0.05) is 12.2 Å². The summed E-state index contributed by atoms with van der Waals surface area (Å²) in [4.78, 5) is 26.4. The van der Waals surface area contributed by atoms with E-state index in [2.05, 4.69) is 5.32 Å². The van der Waals surface area contributed by atoms with E-state index in [1.165, 1.54) is 0 Å². The van der Waals surface area contributed by atoms with Crippen molar-refractivity contribution in [1.82, 2.24) is 4.90 Å². The minimum absolute atomic E-state index is 0.0324. The molecule has 118 valence electrons. The summed E-state index contributed by atoms with van der Waals surface area (Å²) in [6.45, 7) is 3.34. The van der Waals surface area contributed by atoms with Gasteiger partial charge in [0.1, 0.15) is 6.10 Å². The molecule has 2 amide bonds. The third-order valence-corrected chi connectivity index (χ3v) is 4.38. The second-order valence-electron chi connectivity index (χ2n) is 6.12. The SMILES string of the molecule is Cc1ccc(NC(=O)C[C@H]2OC[C@H]3CCCCN3C2=O)cc1. The number of anilines is 1. The Morgan fingerprint density at radius 3 is 2.86 bits per heavy atom. The predicted octanol–water partition coefficient (Wildman–Crippen LogP) is 2.10. The molecule has 0 radical (unpaired) electrons. The monoisotopic (exact) mass is 302 g/mol. The molecule has 2 atom stereocenters. The van der Waals surface area contributed by atoms with E-state index in [4.69, 9.17) is 4.74 Å². The highest BCUT2D eigenvalue weighted by molar-refractivity contribution is 5.95. The fourth-order valence-corrected chi connectivity index (χ4v) is 3.11. The van der Waals surface area contributed by atoms with E-state index in [9.17, 15) is 9.59 Å². The van der Waals surface area contributed by atoms with Crippen molar-refractivity contribution in [2.75, 3.05) is 18.5 Å². The molecule has 3 rings (SSSR count). The summed E-state index contributed by atoms with van der Waals surface area (Å²) in [6.07, 6.45) is 2.64. The van der Waals surface area contributed by atoms with Crippen molar-refractivity contribution in [2.45, 2.75) is 44.8 Å². The molecule has 5 heteroatoms. The van der Waals surface area contributed by atoms with Gasteiger partial charge < -0.3 is 15.0 Å². The zero-order valence-corrected chi connectivity index (χ0v) is 12.9. The van der Waals surface area contributed by atoms with Crippen LogP contribution in [0.1, 0.15) is 31.2 Å². The Balaban J connectivity index is 1.57. The lowest BCUT2D eigenvalue weighted by Crippen LogP contribution is -2.56. The highest BCUT2D eigenvalue weighted by Gasteiger charge is 2.38. The predicted molar refractivity (Wildman–Crippen MR) is 83.5 cm³/mol. The van der Waals surface area contributed by atoms with E-state index < -0.39 is 6.10 Å². The van der Waals surface area contributed by atoms with Crippen LogP contribution in [-0.4, -0.2) is 42.0 Å². The minimum atomic E-state index is -0.639. The molecule has 2 heterocycles. The molecule has 2 fully saturated rings. The topological polar surface area (TPSA) is 58.6 Å². The molecule has 1 aromatic rings. The fraction of sp³-hybridized carbons (Fsp3) is 0.529. The first kappa shape index (κ1) is 15.0. The normalized spacial score (nSPS) is 24.8. The van der Waals surface area contributed by atoms with Gasteiger partial charge in [-0.3, -0.25) is 9.59 Å². The van der Waals surface area contributed by atoms with E-state index in [-0.39, 0.29) is 24.3 Å². The van der Waals surface area contributed by atoms with Gasteiger partial charge in [-0.05, 0) is 38.3 Å². The summed E-state index contributed by atoms with van der Waals surface area (Å²) in [5.41, 5.74) is 1.88. The second kappa shape index (κ2) is 6.48. The first-order chi connectivity index (χ1) is 10.6. The van der Waals surface area contributed by atoms with Crippen LogP contribution in [0.2, 0.25) is 0 Å². The quantitative estimate of drug-likeness (QED) is 0.930. The van der Waals surface area contributed by atoms with Crippen molar-refractivity contribution in [3.05, 3.63) is 29.8 Å². The molecular weight excluding hydrogens is 280 g/mol. The molecule has 1 aromatic carbocycles. The maximum Gasteiger partial charge on any atom is 0.252 e. The Morgan fingerprint density at radius 2 is 2.09 bits per heavy atom. The number of hydrogen-bond acceptors (Lipinski definition) is 3. The van der Waals surface area contributed by atoms with Crippen LogP contribution in [0, 0.1) is 6.92 Å². The molecule has 0 saturated carbocycles. The average molecular weight is 302 g/mol. The fourth-order valence-electron chi connectivity index (χ4n) is 3.11. The van der Waals surface area contributed by atoms with Gasteiger partial charge in [0.25, 0.3) is 5.91 Å². The van der Waals surface area contributed by atoms with E-state index >= 15 is 0 Å². The van der Waals surface area contributed by atoms with E-state index in [0.717, 1.165) is 37.1 Å².